The number of nitrogens with one attached hydrogen (secondary N) is 1. The molecule has 22 heavy (non-hydrogen) atoms. The van der Waals surface area contributed by atoms with Crippen LogP contribution in [-0.4, -0.2) is 11.7 Å². The molecule has 1 amide bonds. The molecule has 0 radical (unpaired) electrons. The fourth-order valence-corrected chi connectivity index (χ4v) is 4.07. The van der Waals surface area contributed by atoms with Crippen LogP contribution in [0.3, 0.4) is 0 Å². The average molecular weight is 311 g/mol. The van der Waals surface area contributed by atoms with Gasteiger partial charge in [-0.3, -0.25) is 9.59 Å². The Kier molecular flexibility index (Phi) is 3.15. The van der Waals surface area contributed by atoms with E-state index in [9.17, 15) is 9.59 Å². The van der Waals surface area contributed by atoms with Crippen molar-refractivity contribution in [2.75, 3.05) is 0 Å². The number of amides is 1. The number of thiophene rings is 1. The summed E-state index contributed by atoms with van der Waals surface area (Å²) in [5.74, 6) is 0.517. The average Bonchev–Trinajstić information content (AvgIpc) is 3.20. The fraction of sp³-hybridized carbons (Fsp3) is 0.333. The summed E-state index contributed by atoms with van der Waals surface area (Å²) in [4.78, 5) is 24.1. The second kappa shape index (κ2) is 5.06. The predicted molar refractivity (Wildman–Crippen MR) is 85.9 cm³/mol. The van der Waals surface area contributed by atoms with E-state index in [1.165, 1.54) is 18.4 Å². The summed E-state index contributed by atoms with van der Waals surface area (Å²) in [6, 6.07) is 10.4. The molecular weight excluding hydrogens is 294 g/mol. The van der Waals surface area contributed by atoms with Crippen molar-refractivity contribution in [3.8, 4) is 0 Å². The van der Waals surface area contributed by atoms with Crippen molar-refractivity contribution < 1.29 is 9.59 Å². The van der Waals surface area contributed by atoms with Gasteiger partial charge in [0.25, 0.3) is 0 Å². The number of hydrogen-bond donors (Lipinski definition) is 1. The minimum absolute atomic E-state index is 0.00113. The van der Waals surface area contributed by atoms with Gasteiger partial charge in [0.15, 0.2) is 0 Å². The SMILES string of the molecule is O=C1CC(=O)N[C@](c2ccc(C3CC3)cc2)(c2ccsc2)C1. The number of piperidine rings is 1. The molecule has 112 valence electrons. The topological polar surface area (TPSA) is 46.2 Å². The monoisotopic (exact) mass is 311 g/mol. The van der Waals surface area contributed by atoms with Crippen LogP contribution >= 0.6 is 11.3 Å². The van der Waals surface area contributed by atoms with E-state index in [1.807, 2.05) is 16.8 Å². The van der Waals surface area contributed by atoms with Gasteiger partial charge >= 0.3 is 0 Å². The number of carbonyl (C=O) groups excluding carboxylic acids is 2. The molecule has 2 fully saturated rings. The van der Waals surface area contributed by atoms with Gasteiger partial charge in [-0.25, -0.2) is 0 Å². The lowest BCUT2D eigenvalue weighted by Gasteiger charge is -2.37. The van der Waals surface area contributed by atoms with E-state index in [-0.39, 0.29) is 18.1 Å². The lowest BCUT2D eigenvalue weighted by atomic mass is 9.77. The number of ketones is 1. The third kappa shape index (κ3) is 2.28. The summed E-state index contributed by atoms with van der Waals surface area (Å²) in [5.41, 5.74) is 2.65. The number of benzene rings is 1. The Bertz CT molecular complexity index is 698. The van der Waals surface area contributed by atoms with E-state index in [2.05, 4.69) is 29.6 Å². The Balaban J connectivity index is 1.79. The van der Waals surface area contributed by atoms with Crippen LogP contribution in [0.5, 0.6) is 0 Å². The van der Waals surface area contributed by atoms with Crippen LogP contribution in [0.1, 0.15) is 48.3 Å². The van der Waals surface area contributed by atoms with Gasteiger partial charge in [-0.15, -0.1) is 0 Å². The summed E-state index contributed by atoms with van der Waals surface area (Å²) < 4.78 is 0. The molecule has 1 aliphatic carbocycles. The summed E-state index contributed by atoms with van der Waals surface area (Å²) in [6.07, 6.45) is 2.86. The van der Waals surface area contributed by atoms with E-state index >= 15 is 0 Å². The first-order chi connectivity index (χ1) is 10.7. The fourth-order valence-electron chi connectivity index (χ4n) is 3.34. The van der Waals surface area contributed by atoms with Gasteiger partial charge < -0.3 is 5.32 Å². The molecule has 1 aromatic carbocycles. The minimum Gasteiger partial charge on any atom is -0.342 e. The van der Waals surface area contributed by atoms with Crippen molar-refractivity contribution in [2.24, 2.45) is 0 Å². The molecular formula is C18H17NO2S. The highest BCUT2D eigenvalue weighted by atomic mass is 32.1. The molecule has 0 spiro atoms. The first-order valence-corrected chi connectivity index (χ1v) is 8.57. The van der Waals surface area contributed by atoms with Crippen LogP contribution in [0.2, 0.25) is 0 Å². The molecule has 0 bridgehead atoms. The van der Waals surface area contributed by atoms with Gasteiger partial charge in [0.1, 0.15) is 5.78 Å². The van der Waals surface area contributed by atoms with Gasteiger partial charge in [0.2, 0.25) is 5.91 Å². The normalized spacial score (nSPS) is 25.1. The summed E-state index contributed by atoms with van der Waals surface area (Å²) in [5, 5.41) is 7.10. The zero-order valence-corrected chi connectivity index (χ0v) is 13.0. The van der Waals surface area contributed by atoms with E-state index in [0.717, 1.165) is 11.1 Å². The standard InChI is InChI=1S/C18H17NO2S/c20-16-9-17(21)19-18(10-16,15-7-8-22-11-15)14-5-3-13(4-6-14)12-1-2-12/h3-8,11-12H,1-2,9-10H2,(H,19,21)/t18-/m1/s1. The molecule has 2 aliphatic rings. The van der Waals surface area contributed by atoms with E-state index in [4.69, 9.17) is 0 Å². The van der Waals surface area contributed by atoms with Gasteiger partial charge in [-0.05, 0) is 52.3 Å². The molecule has 2 aromatic rings. The third-order valence-electron chi connectivity index (χ3n) is 4.64. The molecule has 1 aromatic heterocycles. The first-order valence-electron chi connectivity index (χ1n) is 7.63. The van der Waals surface area contributed by atoms with Gasteiger partial charge in [0, 0.05) is 6.42 Å². The Labute approximate surface area is 133 Å². The van der Waals surface area contributed by atoms with Crippen LogP contribution in [0.4, 0.5) is 0 Å². The molecule has 3 nitrogen and oxygen atoms in total. The predicted octanol–water partition coefficient (Wildman–Crippen LogP) is 3.35. The summed E-state index contributed by atoms with van der Waals surface area (Å²) in [7, 11) is 0. The van der Waals surface area contributed by atoms with Crippen molar-refractivity contribution in [2.45, 2.75) is 37.1 Å². The molecule has 1 saturated heterocycles. The summed E-state index contributed by atoms with van der Waals surface area (Å²) in [6.45, 7) is 0. The maximum absolute atomic E-state index is 12.1. The highest BCUT2D eigenvalue weighted by Crippen LogP contribution is 2.42. The number of hydrogen-bond acceptors (Lipinski definition) is 3. The van der Waals surface area contributed by atoms with E-state index in [1.54, 1.807) is 11.3 Å². The zero-order valence-electron chi connectivity index (χ0n) is 12.2. The smallest absolute Gasteiger partial charge is 0.228 e. The number of carbonyl (C=O) groups is 2. The zero-order chi connectivity index (χ0) is 15.2. The number of rotatable bonds is 3. The maximum atomic E-state index is 12.1. The summed E-state index contributed by atoms with van der Waals surface area (Å²) >= 11 is 1.58. The molecule has 1 aliphatic heterocycles. The second-order valence-electron chi connectivity index (χ2n) is 6.25. The van der Waals surface area contributed by atoms with E-state index in [0.29, 0.717) is 12.3 Å². The largest absolute Gasteiger partial charge is 0.342 e. The molecule has 1 saturated carbocycles. The van der Waals surface area contributed by atoms with Crippen molar-refractivity contribution in [3.05, 3.63) is 57.8 Å². The van der Waals surface area contributed by atoms with Crippen LogP contribution in [0.25, 0.3) is 0 Å². The first kappa shape index (κ1) is 13.7. The van der Waals surface area contributed by atoms with Crippen LogP contribution < -0.4 is 5.32 Å². The van der Waals surface area contributed by atoms with Crippen LogP contribution in [0, 0.1) is 0 Å². The molecule has 4 heteroatoms. The molecule has 0 unspecified atom stereocenters. The van der Waals surface area contributed by atoms with Crippen molar-refractivity contribution in [3.63, 3.8) is 0 Å². The second-order valence-corrected chi connectivity index (χ2v) is 7.03. The number of Topliss-reactive ketones (excluding diaryl/α,β-unsaturated/α-hetero) is 1. The highest BCUT2D eigenvalue weighted by Gasteiger charge is 2.42. The van der Waals surface area contributed by atoms with Crippen LogP contribution in [0.15, 0.2) is 41.1 Å². The van der Waals surface area contributed by atoms with Crippen LogP contribution in [-0.2, 0) is 15.1 Å². The Morgan fingerprint density at radius 1 is 1.05 bits per heavy atom. The van der Waals surface area contributed by atoms with E-state index < -0.39 is 5.54 Å². The maximum Gasteiger partial charge on any atom is 0.228 e. The molecule has 4 rings (SSSR count). The van der Waals surface area contributed by atoms with Crippen molar-refractivity contribution in [1.29, 1.82) is 0 Å². The Morgan fingerprint density at radius 2 is 1.82 bits per heavy atom. The Morgan fingerprint density at radius 3 is 2.41 bits per heavy atom. The lowest BCUT2D eigenvalue weighted by molar-refractivity contribution is -0.133. The Hall–Kier alpha value is -1.94. The molecule has 1 N–H and O–H groups in total. The van der Waals surface area contributed by atoms with Crippen molar-refractivity contribution in [1.82, 2.24) is 5.32 Å². The third-order valence-corrected chi connectivity index (χ3v) is 5.32. The van der Waals surface area contributed by atoms with Gasteiger partial charge in [-0.1, -0.05) is 24.3 Å². The minimum atomic E-state index is -0.700. The van der Waals surface area contributed by atoms with Gasteiger partial charge in [-0.2, -0.15) is 11.3 Å². The molecule has 2 heterocycles. The van der Waals surface area contributed by atoms with Crippen molar-refractivity contribution >= 4 is 23.0 Å². The lowest BCUT2D eigenvalue weighted by Crippen LogP contribution is -2.52. The highest BCUT2D eigenvalue weighted by molar-refractivity contribution is 7.08. The molecule has 1 atom stereocenters. The quantitative estimate of drug-likeness (QED) is 0.884. The van der Waals surface area contributed by atoms with Gasteiger partial charge in [0.05, 0.1) is 12.0 Å².